The van der Waals surface area contributed by atoms with Gasteiger partial charge in [-0.05, 0) is 47.4 Å². The molecule has 7 heteroatoms. The van der Waals surface area contributed by atoms with Gasteiger partial charge < -0.3 is 19.6 Å². The van der Waals surface area contributed by atoms with Crippen LogP contribution in [0.1, 0.15) is 36.7 Å². The monoisotopic (exact) mass is 444 g/mol. The fourth-order valence-corrected chi connectivity index (χ4v) is 3.35. The third-order valence-electron chi connectivity index (χ3n) is 5.13. The van der Waals surface area contributed by atoms with E-state index in [1.165, 1.54) is 0 Å². The number of anilines is 1. The second-order valence-corrected chi connectivity index (χ2v) is 8.66. The third kappa shape index (κ3) is 5.03. The molecule has 4 aromatic rings. The first kappa shape index (κ1) is 22.1. The van der Waals surface area contributed by atoms with Gasteiger partial charge in [0.25, 0.3) is 5.91 Å². The Labute approximate surface area is 191 Å². The summed E-state index contributed by atoms with van der Waals surface area (Å²) in [7, 11) is 0. The van der Waals surface area contributed by atoms with Gasteiger partial charge in [0.1, 0.15) is 11.3 Å². The summed E-state index contributed by atoms with van der Waals surface area (Å²) in [5.41, 5.74) is 3.86. The molecule has 0 radical (unpaired) electrons. The summed E-state index contributed by atoms with van der Waals surface area (Å²) in [5.74, 6) is -0.863. The largest absolute Gasteiger partial charge is 0.481 e. The third-order valence-corrected chi connectivity index (χ3v) is 5.13. The summed E-state index contributed by atoms with van der Waals surface area (Å²) in [6.45, 7) is 5.79. The van der Waals surface area contributed by atoms with Crippen molar-refractivity contribution in [3.8, 4) is 17.2 Å². The van der Waals surface area contributed by atoms with E-state index in [4.69, 9.17) is 14.3 Å². The van der Waals surface area contributed by atoms with Crippen LogP contribution in [0.3, 0.4) is 0 Å². The minimum Gasteiger partial charge on any atom is -0.481 e. The van der Waals surface area contributed by atoms with Crippen molar-refractivity contribution in [1.82, 2.24) is 4.98 Å². The van der Waals surface area contributed by atoms with Crippen LogP contribution < -0.4 is 10.1 Å². The summed E-state index contributed by atoms with van der Waals surface area (Å²) in [5, 5.41) is 11.9. The molecular formula is C26H24N2O5. The van der Waals surface area contributed by atoms with Gasteiger partial charge in [-0.2, -0.15) is 0 Å². The molecule has 0 aliphatic heterocycles. The Hall–Kier alpha value is -4.13. The molecule has 0 spiro atoms. The first-order valence-electron chi connectivity index (χ1n) is 10.5. The van der Waals surface area contributed by atoms with Crippen molar-refractivity contribution in [1.29, 1.82) is 0 Å². The first-order valence-corrected chi connectivity index (χ1v) is 10.5. The fraction of sp³-hybridized carbons (Fsp3) is 0.192. The summed E-state index contributed by atoms with van der Waals surface area (Å²) in [6, 6.07) is 19.7. The maximum absolute atomic E-state index is 12.7. The normalized spacial score (nSPS) is 11.4. The number of benzene rings is 3. The Morgan fingerprint density at radius 1 is 1.03 bits per heavy atom. The van der Waals surface area contributed by atoms with Crippen molar-refractivity contribution in [2.45, 2.75) is 26.2 Å². The Morgan fingerprint density at radius 3 is 2.42 bits per heavy atom. The molecule has 0 aliphatic rings. The Bertz CT molecular complexity index is 1280. The zero-order valence-electron chi connectivity index (χ0n) is 18.6. The van der Waals surface area contributed by atoms with Crippen LogP contribution in [-0.4, -0.2) is 28.6 Å². The number of aliphatic carboxylic acids is 1. The van der Waals surface area contributed by atoms with Crippen molar-refractivity contribution in [3.63, 3.8) is 0 Å². The standard InChI is InChI=1S/C26H24N2O5/c1-26(2,3)17-10-8-16(9-11-17)24(31)27-18-12-13-19(22(14-18)32-15-23(29)30)25-28-20-6-4-5-7-21(20)33-25/h4-14H,15H2,1-3H3,(H,27,31)(H,29,30). The summed E-state index contributed by atoms with van der Waals surface area (Å²) < 4.78 is 11.3. The minimum absolute atomic E-state index is 0.00803. The molecule has 3 aromatic carbocycles. The lowest BCUT2D eigenvalue weighted by Gasteiger charge is -2.19. The number of hydrogen-bond acceptors (Lipinski definition) is 5. The molecule has 2 N–H and O–H groups in total. The van der Waals surface area contributed by atoms with Crippen LogP contribution in [0.25, 0.3) is 22.6 Å². The Balaban J connectivity index is 1.61. The lowest BCUT2D eigenvalue weighted by atomic mass is 9.87. The molecule has 0 saturated carbocycles. The SMILES string of the molecule is CC(C)(C)c1ccc(C(=O)Nc2ccc(-c3nc4ccccc4o3)c(OCC(=O)O)c2)cc1. The second kappa shape index (κ2) is 8.78. The molecule has 0 bridgehead atoms. The first-order chi connectivity index (χ1) is 15.7. The van der Waals surface area contributed by atoms with E-state index in [1.807, 2.05) is 30.3 Å². The average Bonchev–Trinajstić information content (AvgIpc) is 3.21. The maximum atomic E-state index is 12.7. The van der Waals surface area contributed by atoms with Gasteiger partial charge in [-0.3, -0.25) is 4.79 Å². The van der Waals surface area contributed by atoms with E-state index in [0.29, 0.717) is 33.8 Å². The molecule has 4 rings (SSSR count). The molecule has 1 amide bonds. The van der Waals surface area contributed by atoms with Crippen LogP contribution in [0.5, 0.6) is 5.75 Å². The highest BCUT2D eigenvalue weighted by Crippen LogP contribution is 2.34. The number of carbonyl (C=O) groups excluding carboxylic acids is 1. The number of fused-ring (bicyclic) bond motifs is 1. The van der Waals surface area contributed by atoms with Gasteiger partial charge >= 0.3 is 5.97 Å². The molecule has 0 atom stereocenters. The van der Waals surface area contributed by atoms with Crippen LogP contribution in [0.2, 0.25) is 0 Å². The van der Waals surface area contributed by atoms with Gasteiger partial charge in [-0.1, -0.05) is 45.0 Å². The number of carboxylic acid groups (broad SMARTS) is 1. The molecule has 33 heavy (non-hydrogen) atoms. The zero-order chi connectivity index (χ0) is 23.6. The number of carboxylic acids is 1. The number of aromatic nitrogens is 1. The van der Waals surface area contributed by atoms with E-state index in [0.717, 1.165) is 5.56 Å². The van der Waals surface area contributed by atoms with Crippen LogP contribution >= 0.6 is 0 Å². The minimum atomic E-state index is -1.12. The average molecular weight is 444 g/mol. The number of amides is 1. The number of oxazole rings is 1. The predicted molar refractivity (Wildman–Crippen MR) is 126 cm³/mol. The van der Waals surface area contributed by atoms with Crippen molar-refractivity contribution in [2.75, 3.05) is 11.9 Å². The maximum Gasteiger partial charge on any atom is 0.341 e. The fourth-order valence-electron chi connectivity index (χ4n) is 3.35. The number of carbonyl (C=O) groups is 2. The summed E-state index contributed by atoms with van der Waals surface area (Å²) >= 11 is 0. The molecule has 168 valence electrons. The summed E-state index contributed by atoms with van der Waals surface area (Å²) in [4.78, 5) is 28.3. The molecular weight excluding hydrogens is 420 g/mol. The zero-order valence-corrected chi connectivity index (χ0v) is 18.6. The number of ether oxygens (including phenoxy) is 1. The van der Waals surface area contributed by atoms with Crippen LogP contribution in [0.4, 0.5) is 5.69 Å². The summed E-state index contributed by atoms with van der Waals surface area (Å²) in [6.07, 6.45) is 0. The smallest absolute Gasteiger partial charge is 0.341 e. The van der Waals surface area contributed by atoms with Gasteiger partial charge in [0.05, 0.1) is 5.56 Å². The molecule has 0 unspecified atom stereocenters. The Morgan fingerprint density at radius 2 is 1.76 bits per heavy atom. The number of nitrogens with one attached hydrogen (secondary N) is 1. The van der Waals surface area contributed by atoms with E-state index < -0.39 is 12.6 Å². The highest BCUT2D eigenvalue weighted by atomic mass is 16.5. The van der Waals surface area contributed by atoms with Gasteiger partial charge in [-0.25, -0.2) is 9.78 Å². The van der Waals surface area contributed by atoms with E-state index in [-0.39, 0.29) is 17.1 Å². The van der Waals surface area contributed by atoms with Crippen LogP contribution in [0, 0.1) is 0 Å². The van der Waals surface area contributed by atoms with E-state index >= 15 is 0 Å². The highest BCUT2D eigenvalue weighted by Gasteiger charge is 2.17. The number of hydrogen-bond donors (Lipinski definition) is 2. The van der Waals surface area contributed by atoms with Gasteiger partial charge in [0.2, 0.25) is 5.89 Å². The highest BCUT2D eigenvalue weighted by molar-refractivity contribution is 6.04. The molecule has 0 fully saturated rings. The molecule has 0 saturated heterocycles. The predicted octanol–water partition coefficient (Wildman–Crippen LogP) is 5.51. The van der Waals surface area contributed by atoms with E-state index in [1.54, 1.807) is 36.4 Å². The second-order valence-electron chi connectivity index (χ2n) is 8.66. The van der Waals surface area contributed by atoms with E-state index in [9.17, 15) is 9.59 Å². The van der Waals surface area contributed by atoms with Crippen LogP contribution in [-0.2, 0) is 10.2 Å². The molecule has 0 aliphatic carbocycles. The molecule has 1 heterocycles. The van der Waals surface area contributed by atoms with Crippen molar-refractivity contribution < 1.29 is 23.8 Å². The van der Waals surface area contributed by atoms with E-state index in [2.05, 4.69) is 31.1 Å². The van der Waals surface area contributed by atoms with Gasteiger partial charge in [-0.15, -0.1) is 0 Å². The van der Waals surface area contributed by atoms with Crippen molar-refractivity contribution >= 4 is 28.7 Å². The number of nitrogens with zero attached hydrogens (tertiary/aromatic N) is 1. The lowest BCUT2D eigenvalue weighted by molar-refractivity contribution is -0.139. The van der Waals surface area contributed by atoms with Crippen molar-refractivity contribution in [2.24, 2.45) is 0 Å². The lowest BCUT2D eigenvalue weighted by Crippen LogP contribution is -2.15. The van der Waals surface area contributed by atoms with Gasteiger partial charge in [0, 0.05) is 17.3 Å². The topological polar surface area (TPSA) is 102 Å². The van der Waals surface area contributed by atoms with Crippen LogP contribution in [0.15, 0.2) is 71.1 Å². The number of para-hydroxylation sites is 2. The Kier molecular flexibility index (Phi) is 5.87. The van der Waals surface area contributed by atoms with Crippen molar-refractivity contribution in [3.05, 3.63) is 77.9 Å². The number of rotatable bonds is 6. The quantitative estimate of drug-likeness (QED) is 0.407. The molecule has 1 aromatic heterocycles. The van der Waals surface area contributed by atoms with Gasteiger partial charge in [0.15, 0.2) is 12.2 Å². The molecule has 7 nitrogen and oxygen atoms in total.